The van der Waals surface area contributed by atoms with E-state index in [0.717, 1.165) is 6.54 Å². The van der Waals surface area contributed by atoms with Crippen LogP contribution in [0.1, 0.15) is 61.4 Å². The molecule has 0 aliphatic carbocycles. The number of unbranched alkanes of at least 4 members (excludes halogenated alkanes) is 2. The fourth-order valence-corrected chi connectivity index (χ4v) is 2.25. The van der Waals surface area contributed by atoms with Crippen LogP contribution in [0.25, 0.3) is 0 Å². The molecule has 0 fully saturated rings. The summed E-state index contributed by atoms with van der Waals surface area (Å²) < 4.78 is 0. The topological polar surface area (TPSA) is 12.0 Å². The minimum Gasteiger partial charge on any atom is -0.310 e. The molecule has 0 aromatic heterocycles. The first-order valence-electron chi connectivity index (χ1n) is 6.87. The highest BCUT2D eigenvalue weighted by Crippen LogP contribution is 2.21. The lowest BCUT2D eigenvalue weighted by Gasteiger charge is -2.18. The second-order valence-corrected chi connectivity index (χ2v) is 5.18. The van der Waals surface area contributed by atoms with Gasteiger partial charge in [-0.15, -0.1) is 0 Å². The summed E-state index contributed by atoms with van der Waals surface area (Å²) in [5, 5.41) is 3.62. The highest BCUT2D eigenvalue weighted by molar-refractivity contribution is 5.37. The summed E-state index contributed by atoms with van der Waals surface area (Å²) in [4.78, 5) is 0. The lowest BCUT2D eigenvalue weighted by molar-refractivity contribution is 0.542. The quantitative estimate of drug-likeness (QED) is 0.716. The molecule has 0 bridgehead atoms. The Kier molecular flexibility index (Phi) is 5.70. The van der Waals surface area contributed by atoms with Crippen molar-refractivity contribution in [3.8, 4) is 0 Å². The number of hydrogen-bond acceptors (Lipinski definition) is 1. The molecular formula is C16H27N. The molecule has 0 saturated carbocycles. The first-order valence-corrected chi connectivity index (χ1v) is 6.87. The Morgan fingerprint density at radius 3 is 2.29 bits per heavy atom. The number of aryl methyl sites for hydroxylation is 3. The SMILES string of the molecule is CCCCCNC(C)c1cc(C)c(C)cc1C. The molecule has 96 valence electrons. The molecule has 1 N–H and O–H groups in total. The number of rotatable bonds is 6. The van der Waals surface area contributed by atoms with Crippen LogP contribution in [0, 0.1) is 20.8 Å². The molecule has 0 heterocycles. The summed E-state index contributed by atoms with van der Waals surface area (Å²) >= 11 is 0. The average Bonchev–Trinajstić information content (AvgIpc) is 2.29. The monoisotopic (exact) mass is 233 g/mol. The Morgan fingerprint density at radius 1 is 1.00 bits per heavy atom. The third-order valence-corrected chi connectivity index (χ3v) is 3.58. The zero-order chi connectivity index (χ0) is 12.8. The number of hydrogen-bond donors (Lipinski definition) is 1. The molecule has 1 rings (SSSR count). The molecule has 1 atom stereocenters. The number of benzene rings is 1. The van der Waals surface area contributed by atoms with Crippen molar-refractivity contribution in [2.75, 3.05) is 6.54 Å². The molecule has 1 aromatic carbocycles. The summed E-state index contributed by atoms with van der Waals surface area (Å²) in [6.45, 7) is 12.2. The van der Waals surface area contributed by atoms with Gasteiger partial charge < -0.3 is 5.32 Å². The Morgan fingerprint density at radius 2 is 1.65 bits per heavy atom. The third kappa shape index (κ3) is 4.16. The van der Waals surface area contributed by atoms with Crippen LogP contribution >= 0.6 is 0 Å². The maximum atomic E-state index is 3.62. The molecule has 0 aliphatic rings. The molecule has 0 saturated heterocycles. The van der Waals surface area contributed by atoms with Crippen molar-refractivity contribution in [1.82, 2.24) is 5.32 Å². The van der Waals surface area contributed by atoms with Crippen LogP contribution in [-0.4, -0.2) is 6.54 Å². The zero-order valence-corrected chi connectivity index (χ0v) is 12.1. The summed E-state index contributed by atoms with van der Waals surface area (Å²) in [7, 11) is 0. The Balaban J connectivity index is 2.62. The van der Waals surface area contributed by atoms with Gasteiger partial charge in [0.15, 0.2) is 0 Å². The second-order valence-electron chi connectivity index (χ2n) is 5.18. The lowest BCUT2D eigenvalue weighted by atomic mass is 9.96. The predicted octanol–water partition coefficient (Wildman–Crippen LogP) is 4.45. The van der Waals surface area contributed by atoms with Crippen molar-refractivity contribution in [3.63, 3.8) is 0 Å². The van der Waals surface area contributed by atoms with E-state index < -0.39 is 0 Å². The molecule has 1 aromatic rings. The third-order valence-electron chi connectivity index (χ3n) is 3.58. The summed E-state index contributed by atoms with van der Waals surface area (Å²) in [5.74, 6) is 0. The van der Waals surface area contributed by atoms with E-state index in [-0.39, 0.29) is 0 Å². The highest BCUT2D eigenvalue weighted by Gasteiger charge is 2.08. The largest absolute Gasteiger partial charge is 0.310 e. The van der Waals surface area contributed by atoms with Crippen LogP contribution < -0.4 is 5.32 Å². The first kappa shape index (κ1) is 14.2. The van der Waals surface area contributed by atoms with Gasteiger partial charge in [0.2, 0.25) is 0 Å². The van der Waals surface area contributed by atoms with Crippen LogP contribution in [-0.2, 0) is 0 Å². The van der Waals surface area contributed by atoms with E-state index in [9.17, 15) is 0 Å². The molecule has 1 nitrogen and oxygen atoms in total. The molecule has 0 amide bonds. The molecule has 0 aliphatic heterocycles. The Hall–Kier alpha value is -0.820. The van der Waals surface area contributed by atoms with Gasteiger partial charge in [0.1, 0.15) is 0 Å². The Bertz CT molecular complexity index is 355. The van der Waals surface area contributed by atoms with Gasteiger partial charge in [-0.2, -0.15) is 0 Å². The van der Waals surface area contributed by atoms with Crippen molar-refractivity contribution in [3.05, 3.63) is 34.4 Å². The van der Waals surface area contributed by atoms with Gasteiger partial charge in [-0.25, -0.2) is 0 Å². The van der Waals surface area contributed by atoms with Crippen molar-refractivity contribution in [2.45, 2.75) is 59.9 Å². The molecule has 1 unspecified atom stereocenters. The van der Waals surface area contributed by atoms with Gasteiger partial charge in [0.25, 0.3) is 0 Å². The van der Waals surface area contributed by atoms with Gasteiger partial charge in [-0.1, -0.05) is 31.9 Å². The summed E-state index contributed by atoms with van der Waals surface area (Å²) in [6, 6.07) is 5.10. The van der Waals surface area contributed by atoms with E-state index in [1.165, 1.54) is 41.5 Å². The van der Waals surface area contributed by atoms with Crippen molar-refractivity contribution in [1.29, 1.82) is 0 Å². The van der Waals surface area contributed by atoms with Gasteiger partial charge >= 0.3 is 0 Å². The molecule has 17 heavy (non-hydrogen) atoms. The summed E-state index contributed by atoms with van der Waals surface area (Å²) in [6.07, 6.45) is 3.90. The van der Waals surface area contributed by atoms with E-state index in [2.05, 4.69) is 52.1 Å². The lowest BCUT2D eigenvalue weighted by Crippen LogP contribution is -2.20. The first-order chi connectivity index (χ1) is 8.06. The van der Waals surface area contributed by atoms with Crippen LogP contribution in [0.4, 0.5) is 0 Å². The maximum absolute atomic E-state index is 3.62. The fraction of sp³-hybridized carbons (Fsp3) is 0.625. The number of nitrogens with one attached hydrogen (secondary N) is 1. The molecular weight excluding hydrogens is 206 g/mol. The standard InChI is InChI=1S/C16H27N/c1-6-7-8-9-17-15(5)16-11-13(3)12(2)10-14(16)4/h10-11,15,17H,6-9H2,1-5H3. The van der Waals surface area contributed by atoms with Crippen LogP contribution in [0.3, 0.4) is 0 Å². The molecule has 0 radical (unpaired) electrons. The minimum absolute atomic E-state index is 0.464. The smallest absolute Gasteiger partial charge is 0.0294 e. The van der Waals surface area contributed by atoms with Gasteiger partial charge in [-0.3, -0.25) is 0 Å². The van der Waals surface area contributed by atoms with Gasteiger partial charge in [0.05, 0.1) is 0 Å². The average molecular weight is 233 g/mol. The minimum atomic E-state index is 0.464. The van der Waals surface area contributed by atoms with Crippen molar-refractivity contribution in [2.24, 2.45) is 0 Å². The zero-order valence-electron chi connectivity index (χ0n) is 12.1. The molecule has 1 heteroatoms. The Labute approximate surface area is 107 Å². The van der Waals surface area contributed by atoms with E-state index in [1.54, 1.807) is 0 Å². The summed E-state index contributed by atoms with van der Waals surface area (Å²) in [5.41, 5.74) is 5.64. The van der Waals surface area contributed by atoms with Crippen molar-refractivity contribution < 1.29 is 0 Å². The van der Waals surface area contributed by atoms with Crippen LogP contribution in [0.2, 0.25) is 0 Å². The normalized spacial score (nSPS) is 12.8. The van der Waals surface area contributed by atoms with Crippen LogP contribution in [0.5, 0.6) is 0 Å². The maximum Gasteiger partial charge on any atom is 0.0294 e. The highest BCUT2D eigenvalue weighted by atomic mass is 14.9. The van der Waals surface area contributed by atoms with E-state index in [0.29, 0.717) is 6.04 Å². The molecule has 0 spiro atoms. The van der Waals surface area contributed by atoms with E-state index >= 15 is 0 Å². The van der Waals surface area contributed by atoms with Crippen molar-refractivity contribution >= 4 is 0 Å². The van der Waals surface area contributed by atoms with Crippen LogP contribution in [0.15, 0.2) is 12.1 Å². The van der Waals surface area contributed by atoms with Gasteiger partial charge in [-0.05, 0) is 62.9 Å². The fourth-order valence-electron chi connectivity index (χ4n) is 2.25. The second kappa shape index (κ2) is 6.80. The van der Waals surface area contributed by atoms with Gasteiger partial charge in [0, 0.05) is 6.04 Å². The van der Waals surface area contributed by atoms with E-state index in [4.69, 9.17) is 0 Å². The van der Waals surface area contributed by atoms with E-state index in [1.807, 2.05) is 0 Å². The predicted molar refractivity (Wildman–Crippen MR) is 76.6 cm³/mol.